The van der Waals surface area contributed by atoms with Crippen LogP contribution in [0.3, 0.4) is 0 Å². The molecule has 2 fully saturated rings. The van der Waals surface area contributed by atoms with Crippen molar-refractivity contribution in [2.24, 2.45) is 7.05 Å². The topological polar surface area (TPSA) is 51.0 Å². The third kappa shape index (κ3) is 3.42. The van der Waals surface area contributed by atoms with Gasteiger partial charge in [0.2, 0.25) is 5.91 Å². The molecule has 3 rings (SSSR count). The minimum absolute atomic E-state index is 0.236. The van der Waals surface area contributed by atoms with Crippen molar-refractivity contribution in [3.8, 4) is 0 Å². The molecule has 1 amide bonds. The standard InChI is InChI=1S/C15H24N4OS/c1-18-14(12-7-3-2-4-8-12)16-17-15(18)21-11-13(20)19-9-5-6-10-19/h12H,2-11H2,1H3. The number of nitrogens with zero attached hydrogens (tertiary/aromatic N) is 4. The highest BCUT2D eigenvalue weighted by Gasteiger charge is 2.23. The van der Waals surface area contributed by atoms with Crippen molar-refractivity contribution >= 4 is 17.7 Å². The molecule has 6 heteroatoms. The van der Waals surface area contributed by atoms with Gasteiger partial charge in [-0.3, -0.25) is 4.79 Å². The third-order valence-electron chi connectivity index (χ3n) is 4.62. The number of rotatable bonds is 4. The summed E-state index contributed by atoms with van der Waals surface area (Å²) >= 11 is 1.52. The van der Waals surface area contributed by atoms with Crippen LogP contribution < -0.4 is 0 Å². The summed E-state index contributed by atoms with van der Waals surface area (Å²) in [6.07, 6.45) is 8.69. The first kappa shape index (κ1) is 14.9. The highest BCUT2D eigenvalue weighted by Crippen LogP contribution is 2.32. The largest absolute Gasteiger partial charge is 0.342 e. The van der Waals surface area contributed by atoms with Crippen molar-refractivity contribution in [1.29, 1.82) is 0 Å². The van der Waals surface area contributed by atoms with E-state index in [1.165, 1.54) is 43.9 Å². The highest BCUT2D eigenvalue weighted by molar-refractivity contribution is 7.99. The number of carbonyl (C=O) groups excluding carboxylic acids is 1. The summed E-state index contributed by atoms with van der Waals surface area (Å²) in [5.74, 6) is 2.38. The fraction of sp³-hybridized carbons (Fsp3) is 0.800. The lowest BCUT2D eigenvalue weighted by Gasteiger charge is -2.20. The van der Waals surface area contributed by atoms with E-state index >= 15 is 0 Å². The van der Waals surface area contributed by atoms with Gasteiger partial charge < -0.3 is 9.47 Å². The van der Waals surface area contributed by atoms with Crippen molar-refractivity contribution in [2.75, 3.05) is 18.8 Å². The number of hydrogen-bond donors (Lipinski definition) is 0. The SMILES string of the molecule is Cn1c(SCC(=O)N2CCCC2)nnc1C1CCCCC1. The quantitative estimate of drug-likeness (QED) is 0.802. The van der Waals surface area contributed by atoms with Crippen molar-refractivity contribution in [3.05, 3.63) is 5.82 Å². The molecule has 0 N–H and O–H groups in total. The van der Waals surface area contributed by atoms with Crippen LogP contribution >= 0.6 is 11.8 Å². The summed E-state index contributed by atoms with van der Waals surface area (Å²) in [6.45, 7) is 1.84. The number of hydrogen-bond acceptors (Lipinski definition) is 4. The second kappa shape index (κ2) is 6.81. The molecule has 1 saturated heterocycles. The smallest absolute Gasteiger partial charge is 0.233 e. The Bertz CT molecular complexity index is 490. The Kier molecular flexibility index (Phi) is 4.83. The molecular weight excluding hydrogens is 284 g/mol. The molecule has 21 heavy (non-hydrogen) atoms. The van der Waals surface area contributed by atoms with E-state index in [2.05, 4.69) is 14.8 Å². The van der Waals surface area contributed by atoms with E-state index < -0.39 is 0 Å². The van der Waals surface area contributed by atoms with E-state index in [1.807, 2.05) is 11.9 Å². The average molecular weight is 308 g/mol. The summed E-state index contributed by atoms with van der Waals surface area (Å²) in [4.78, 5) is 14.0. The summed E-state index contributed by atoms with van der Waals surface area (Å²) < 4.78 is 2.10. The number of carbonyl (C=O) groups is 1. The number of aromatic nitrogens is 3. The molecule has 0 bridgehead atoms. The van der Waals surface area contributed by atoms with Gasteiger partial charge in [-0.1, -0.05) is 31.0 Å². The van der Waals surface area contributed by atoms with Crippen LogP contribution in [0.2, 0.25) is 0 Å². The number of thioether (sulfide) groups is 1. The van der Waals surface area contributed by atoms with E-state index in [4.69, 9.17) is 0 Å². The van der Waals surface area contributed by atoms with Crippen molar-refractivity contribution in [3.63, 3.8) is 0 Å². The van der Waals surface area contributed by atoms with Gasteiger partial charge >= 0.3 is 0 Å². The van der Waals surface area contributed by atoms with Gasteiger partial charge in [0, 0.05) is 26.1 Å². The Hall–Kier alpha value is -1.04. The van der Waals surface area contributed by atoms with E-state index in [0.29, 0.717) is 11.7 Å². The van der Waals surface area contributed by atoms with Gasteiger partial charge in [0.15, 0.2) is 5.16 Å². The lowest BCUT2D eigenvalue weighted by atomic mass is 9.89. The van der Waals surface area contributed by atoms with Crippen LogP contribution in [0.5, 0.6) is 0 Å². The Labute approximate surface area is 130 Å². The van der Waals surface area contributed by atoms with Gasteiger partial charge in [-0.25, -0.2) is 0 Å². The van der Waals surface area contributed by atoms with E-state index in [1.54, 1.807) is 0 Å². The zero-order chi connectivity index (χ0) is 14.7. The van der Waals surface area contributed by atoms with Crippen LogP contribution in [0, 0.1) is 0 Å². The molecule has 1 aromatic rings. The van der Waals surface area contributed by atoms with Crippen molar-refractivity contribution in [2.45, 2.75) is 56.0 Å². The predicted molar refractivity (Wildman–Crippen MR) is 83.4 cm³/mol. The normalized spacial score (nSPS) is 20.1. The molecule has 2 heterocycles. The molecule has 0 radical (unpaired) electrons. The van der Waals surface area contributed by atoms with Gasteiger partial charge in [0.1, 0.15) is 5.82 Å². The van der Waals surface area contributed by atoms with Gasteiger partial charge in [-0.05, 0) is 25.7 Å². The van der Waals surface area contributed by atoms with E-state index in [-0.39, 0.29) is 5.91 Å². The van der Waals surface area contributed by atoms with Gasteiger partial charge in [0.25, 0.3) is 0 Å². The first-order valence-electron chi connectivity index (χ1n) is 8.05. The van der Waals surface area contributed by atoms with Crippen molar-refractivity contribution in [1.82, 2.24) is 19.7 Å². The van der Waals surface area contributed by atoms with Crippen LogP contribution in [0.25, 0.3) is 0 Å². The molecule has 1 aliphatic carbocycles. The van der Waals surface area contributed by atoms with Gasteiger partial charge in [-0.15, -0.1) is 10.2 Å². The maximum atomic E-state index is 12.1. The number of likely N-dealkylation sites (tertiary alicyclic amines) is 1. The van der Waals surface area contributed by atoms with E-state index in [9.17, 15) is 4.79 Å². The molecule has 0 spiro atoms. The van der Waals surface area contributed by atoms with Crippen LogP contribution in [0.4, 0.5) is 0 Å². The maximum Gasteiger partial charge on any atom is 0.233 e. The molecule has 5 nitrogen and oxygen atoms in total. The highest BCUT2D eigenvalue weighted by atomic mass is 32.2. The average Bonchev–Trinajstić information content (AvgIpc) is 3.16. The summed E-state index contributed by atoms with van der Waals surface area (Å²) in [7, 11) is 2.03. The Balaban J connectivity index is 1.58. The summed E-state index contributed by atoms with van der Waals surface area (Å²) in [5.41, 5.74) is 0. The molecule has 0 unspecified atom stereocenters. The molecule has 0 atom stereocenters. The van der Waals surface area contributed by atoms with E-state index in [0.717, 1.165) is 36.9 Å². The molecule has 1 aliphatic heterocycles. The number of amides is 1. The summed E-state index contributed by atoms with van der Waals surface area (Å²) in [6, 6.07) is 0. The molecule has 0 aromatic carbocycles. The Morgan fingerprint density at radius 2 is 1.86 bits per heavy atom. The molecule has 1 saturated carbocycles. The predicted octanol–water partition coefficient (Wildman–Crippen LogP) is 2.58. The fourth-order valence-electron chi connectivity index (χ4n) is 3.35. The third-order valence-corrected chi connectivity index (χ3v) is 5.63. The van der Waals surface area contributed by atoms with Crippen molar-refractivity contribution < 1.29 is 4.79 Å². The monoisotopic (exact) mass is 308 g/mol. The lowest BCUT2D eigenvalue weighted by Crippen LogP contribution is -2.29. The molecule has 116 valence electrons. The second-order valence-corrected chi connectivity index (χ2v) is 7.05. The van der Waals surface area contributed by atoms with Crippen LogP contribution in [-0.2, 0) is 11.8 Å². The van der Waals surface area contributed by atoms with Gasteiger partial charge in [0.05, 0.1) is 5.75 Å². The maximum absolute atomic E-state index is 12.1. The van der Waals surface area contributed by atoms with Crippen LogP contribution in [-0.4, -0.2) is 44.4 Å². The fourth-order valence-corrected chi connectivity index (χ4v) is 4.17. The second-order valence-electron chi connectivity index (χ2n) is 6.11. The molecule has 1 aromatic heterocycles. The molecular formula is C15H24N4OS. The first-order valence-corrected chi connectivity index (χ1v) is 9.04. The minimum atomic E-state index is 0.236. The Morgan fingerprint density at radius 3 is 2.57 bits per heavy atom. The summed E-state index contributed by atoms with van der Waals surface area (Å²) in [5, 5.41) is 9.55. The molecule has 2 aliphatic rings. The zero-order valence-electron chi connectivity index (χ0n) is 12.8. The zero-order valence-corrected chi connectivity index (χ0v) is 13.6. The lowest BCUT2D eigenvalue weighted by molar-refractivity contribution is -0.127. The first-order chi connectivity index (χ1) is 10.3. The van der Waals surface area contributed by atoms with Crippen LogP contribution in [0.1, 0.15) is 56.7 Å². The van der Waals surface area contributed by atoms with Crippen LogP contribution in [0.15, 0.2) is 5.16 Å². The Morgan fingerprint density at radius 1 is 1.14 bits per heavy atom. The minimum Gasteiger partial charge on any atom is -0.342 e. The van der Waals surface area contributed by atoms with Gasteiger partial charge in [-0.2, -0.15) is 0 Å².